The highest BCUT2D eigenvalue weighted by Gasteiger charge is 2.37. The second-order valence-electron chi connectivity index (χ2n) is 3.83. The minimum Gasteiger partial charge on any atom is -0.481 e. The van der Waals surface area contributed by atoms with Gasteiger partial charge in [0.05, 0.1) is 5.92 Å². The maximum atomic E-state index is 11.2. The van der Waals surface area contributed by atoms with Gasteiger partial charge >= 0.3 is 5.97 Å². The molecule has 1 aromatic rings. The molecule has 1 aliphatic carbocycles. The second-order valence-corrected chi connectivity index (χ2v) is 5.84. The monoisotopic (exact) mass is 380 g/mol. The summed E-state index contributed by atoms with van der Waals surface area (Å²) in [6, 6.07) is 5.81. The number of carbonyl (C=O) groups is 1. The molecule has 0 saturated heterocycles. The number of rotatable bonds is 3. The Kier molecular flexibility index (Phi) is 3.35. The van der Waals surface area contributed by atoms with Crippen molar-refractivity contribution in [2.24, 2.45) is 5.92 Å². The molecule has 1 saturated carbocycles. The van der Waals surface area contributed by atoms with Crippen molar-refractivity contribution in [1.29, 1.82) is 0 Å². The third-order valence-corrected chi connectivity index (χ3v) is 5.00. The van der Waals surface area contributed by atoms with Gasteiger partial charge in [0, 0.05) is 8.04 Å². The topological polar surface area (TPSA) is 37.3 Å². The normalized spacial score (nSPS) is 17.5. The molecule has 0 bridgehead atoms. The van der Waals surface area contributed by atoms with Crippen LogP contribution in [-0.2, 0) is 4.79 Å². The zero-order valence-electron chi connectivity index (χ0n) is 7.91. The quantitative estimate of drug-likeness (QED) is 0.813. The molecule has 0 aliphatic heterocycles. The van der Waals surface area contributed by atoms with E-state index in [0.717, 1.165) is 26.4 Å². The minimum absolute atomic E-state index is 0.321. The highest BCUT2D eigenvalue weighted by molar-refractivity contribution is 14.1. The van der Waals surface area contributed by atoms with E-state index < -0.39 is 5.97 Å². The lowest BCUT2D eigenvalue weighted by Gasteiger charge is -2.12. The molecule has 0 amide bonds. The molecule has 80 valence electrons. The molecule has 1 aliphatic rings. The molecule has 1 unspecified atom stereocenters. The Morgan fingerprint density at radius 3 is 2.67 bits per heavy atom. The van der Waals surface area contributed by atoms with Crippen molar-refractivity contribution in [3.8, 4) is 0 Å². The molecule has 1 aromatic carbocycles. The van der Waals surface area contributed by atoms with Crippen molar-refractivity contribution >= 4 is 44.5 Å². The highest BCUT2D eigenvalue weighted by Crippen LogP contribution is 2.43. The largest absolute Gasteiger partial charge is 0.481 e. The van der Waals surface area contributed by atoms with Crippen LogP contribution in [0.25, 0.3) is 0 Å². The van der Waals surface area contributed by atoms with Crippen LogP contribution in [0, 0.1) is 9.49 Å². The van der Waals surface area contributed by atoms with Crippen LogP contribution in [0.1, 0.15) is 24.3 Å². The van der Waals surface area contributed by atoms with Crippen LogP contribution in [0.3, 0.4) is 0 Å². The van der Waals surface area contributed by atoms with E-state index in [0.29, 0.717) is 5.92 Å². The first-order valence-electron chi connectivity index (χ1n) is 4.77. The zero-order chi connectivity index (χ0) is 11.0. The zero-order valence-corrected chi connectivity index (χ0v) is 11.7. The first-order valence-corrected chi connectivity index (χ1v) is 6.64. The van der Waals surface area contributed by atoms with Gasteiger partial charge in [0.1, 0.15) is 0 Å². The minimum atomic E-state index is -0.703. The van der Waals surface area contributed by atoms with Gasteiger partial charge in [-0.15, -0.1) is 0 Å². The summed E-state index contributed by atoms with van der Waals surface area (Å²) >= 11 is 5.65. The number of carboxylic acid groups (broad SMARTS) is 1. The molecule has 0 spiro atoms. The summed E-state index contributed by atoms with van der Waals surface area (Å²) in [5.41, 5.74) is 0.914. The fourth-order valence-electron chi connectivity index (χ4n) is 1.75. The standard InChI is InChI=1S/C11H10BrIO2/c12-8-5-7(3-4-9(8)13)10(11(14)15)6-1-2-6/h3-6,10H,1-2H2,(H,14,15). The van der Waals surface area contributed by atoms with E-state index in [2.05, 4.69) is 38.5 Å². The molecule has 1 N–H and O–H groups in total. The first-order chi connectivity index (χ1) is 7.09. The lowest BCUT2D eigenvalue weighted by atomic mass is 9.94. The Bertz CT molecular complexity index is 402. The number of hydrogen-bond acceptors (Lipinski definition) is 1. The predicted octanol–water partition coefficient (Wildman–Crippen LogP) is 3.63. The fourth-order valence-corrected chi connectivity index (χ4v) is 2.48. The lowest BCUT2D eigenvalue weighted by Crippen LogP contribution is -2.13. The Morgan fingerprint density at radius 2 is 2.20 bits per heavy atom. The van der Waals surface area contributed by atoms with Crippen LogP contribution in [-0.4, -0.2) is 11.1 Å². The van der Waals surface area contributed by atoms with Gasteiger partial charge in [-0.05, 0) is 75.0 Å². The number of benzene rings is 1. The average molecular weight is 381 g/mol. The van der Waals surface area contributed by atoms with E-state index in [4.69, 9.17) is 0 Å². The van der Waals surface area contributed by atoms with E-state index in [1.807, 2.05) is 18.2 Å². The molecule has 2 rings (SSSR count). The van der Waals surface area contributed by atoms with Gasteiger partial charge in [-0.3, -0.25) is 4.79 Å². The predicted molar refractivity (Wildman–Crippen MR) is 70.0 cm³/mol. The van der Waals surface area contributed by atoms with Crippen molar-refractivity contribution < 1.29 is 9.90 Å². The van der Waals surface area contributed by atoms with Gasteiger partial charge in [0.2, 0.25) is 0 Å². The number of hydrogen-bond donors (Lipinski definition) is 1. The number of carboxylic acids is 1. The summed E-state index contributed by atoms with van der Waals surface area (Å²) in [5, 5.41) is 9.18. The van der Waals surface area contributed by atoms with Crippen LogP contribution < -0.4 is 0 Å². The average Bonchev–Trinajstić information content (AvgIpc) is 2.95. The molecule has 1 atom stereocenters. The van der Waals surface area contributed by atoms with Crippen molar-refractivity contribution in [1.82, 2.24) is 0 Å². The van der Waals surface area contributed by atoms with Gasteiger partial charge in [0.15, 0.2) is 0 Å². The van der Waals surface area contributed by atoms with Crippen LogP contribution >= 0.6 is 38.5 Å². The van der Waals surface area contributed by atoms with E-state index in [1.165, 1.54) is 0 Å². The van der Waals surface area contributed by atoms with Gasteiger partial charge in [-0.25, -0.2) is 0 Å². The summed E-state index contributed by atoms with van der Waals surface area (Å²) < 4.78 is 2.09. The summed E-state index contributed by atoms with van der Waals surface area (Å²) in [7, 11) is 0. The molecule has 4 heteroatoms. The maximum absolute atomic E-state index is 11.2. The van der Waals surface area contributed by atoms with E-state index in [-0.39, 0.29) is 5.92 Å². The lowest BCUT2D eigenvalue weighted by molar-refractivity contribution is -0.139. The van der Waals surface area contributed by atoms with Gasteiger partial charge in [0.25, 0.3) is 0 Å². The third kappa shape index (κ3) is 2.53. The Hall–Kier alpha value is -0.100. The molecule has 0 aromatic heterocycles. The fraction of sp³-hybridized carbons (Fsp3) is 0.364. The van der Waals surface area contributed by atoms with Crippen molar-refractivity contribution in [2.75, 3.05) is 0 Å². The van der Waals surface area contributed by atoms with Gasteiger partial charge in [-0.2, -0.15) is 0 Å². The van der Waals surface area contributed by atoms with Crippen LogP contribution in [0.5, 0.6) is 0 Å². The van der Waals surface area contributed by atoms with E-state index in [1.54, 1.807) is 0 Å². The van der Waals surface area contributed by atoms with Crippen LogP contribution in [0.2, 0.25) is 0 Å². The van der Waals surface area contributed by atoms with Crippen LogP contribution in [0.4, 0.5) is 0 Å². The summed E-state index contributed by atoms with van der Waals surface area (Å²) in [5.74, 6) is -0.682. The summed E-state index contributed by atoms with van der Waals surface area (Å²) in [4.78, 5) is 11.2. The van der Waals surface area contributed by atoms with Gasteiger partial charge < -0.3 is 5.11 Å². The Morgan fingerprint density at radius 1 is 1.53 bits per heavy atom. The molecule has 15 heavy (non-hydrogen) atoms. The van der Waals surface area contributed by atoms with Gasteiger partial charge in [-0.1, -0.05) is 6.07 Å². The van der Waals surface area contributed by atoms with Crippen molar-refractivity contribution in [2.45, 2.75) is 18.8 Å². The number of aliphatic carboxylic acids is 1. The van der Waals surface area contributed by atoms with E-state index in [9.17, 15) is 9.90 Å². The van der Waals surface area contributed by atoms with Crippen molar-refractivity contribution in [3.63, 3.8) is 0 Å². The Balaban J connectivity index is 2.33. The molecular formula is C11H10BrIO2. The van der Waals surface area contributed by atoms with Crippen molar-refractivity contribution in [3.05, 3.63) is 31.8 Å². The van der Waals surface area contributed by atoms with Crippen LogP contribution in [0.15, 0.2) is 22.7 Å². The highest BCUT2D eigenvalue weighted by atomic mass is 127. The molecule has 0 heterocycles. The Labute approximate surface area is 110 Å². The molecule has 1 fully saturated rings. The SMILES string of the molecule is O=C(O)C(c1ccc(I)c(Br)c1)C1CC1. The van der Waals surface area contributed by atoms with E-state index >= 15 is 0 Å². The molecule has 2 nitrogen and oxygen atoms in total. The number of halogens is 2. The maximum Gasteiger partial charge on any atom is 0.311 e. The smallest absolute Gasteiger partial charge is 0.311 e. The first kappa shape index (κ1) is 11.4. The third-order valence-electron chi connectivity index (χ3n) is 2.66. The summed E-state index contributed by atoms with van der Waals surface area (Å²) in [6.07, 6.45) is 2.08. The second kappa shape index (κ2) is 4.41. The molecule has 0 radical (unpaired) electrons. The molecular weight excluding hydrogens is 371 g/mol. The summed E-state index contributed by atoms with van der Waals surface area (Å²) in [6.45, 7) is 0.